The number of hydrogen-bond acceptors (Lipinski definition) is 5. The van der Waals surface area contributed by atoms with Crippen LogP contribution in [0.15, 0.2) is 69.4 Å². The molecular weight excluding hydrogens is 535 g/mol. The fourth-order valence-corrected chi connectivity index (χ4v) is 3.66. The van der Waals surface area contributed by atoms with Crippen LogP contribution in [0.3, 0.4) is 0 Å². The van der Waals surface area contributed by atoms with Gasteiger partial charge in [0.2, 0.25) is 0 Å². The summed E-state index contributed by atoms with van der Waals surface area (Å²) in [5.41, 5.74) is 1.16. The second-order valence-corrected chi connectivity index (χ2v) is 8.22. The summed E-state index contributed by atoms with van der Waals surface area (Å²) in [6.45, 7) is 4.58. The Morgan fingerprint density at radius 1 is 1.03 bits per heavy atom. The summed E-state index contributed by atoms with van der Waals surface area (Å²) in [6, 6.07) is 18.9. The first kappa shape index (κ1) is 26.1. The molecule has 0 amide bonds. The van der Waals surface area contributed by atoms with Crippen molar-refractivity contribution in [2.75, 3.05) is 20.3 Å². The molecule has 2 N–H and O–H groups in total. The van der Waals surface area contributed by atoms with Crippen LogP contribution >= 0.6 is 35.7 Å². The Bertz CT molecular complexity index is 962. The highest BCUT2D eigenvalue weighted by Crippen LogP contribution is 2.27. The monoisotopic (exact) mass is 566 g/mol. The minimum Gasteiger partial charge on any atom is -0.385 e. The average Bonchev–Trinajstić information content (AvgIpc) is 3.12. The number of guanidine groups is 1. The molecule has 0 aliphatic carbocycles. The van der Waals surface area contributed by atoms with Crippen LogP contribution in [0.2, 0.25) is 0 Å². The molecule has 0 radical (unpaired) electrons. The van der Waals surface area contributed by atoms with Gasteiger partial charge in [0.05, 0.1) is 13.1 Å². The molecule has 0 aliphatic heterocycles. The molecule has 0 bridgehead atoms. The number of nitrogens with zero attached hydrogens (tertiary/aromatic N) is 4. The quantitative estimate of drug-likeness (QED) is 0.166. The van der Waals surface area contributed by atoms with Crippen LogP contribution < -0.4 is 10.6 Å². The van der Waals surface area contributed by atoms with E-state index >= 15 is 0 Å². The number of aliphatic imine (C=N–C) groups is 1. The van der Waals surface area contributed by atoms with Gasteiger partial charge in [-0.2, -0.15) is 0 Å². The highest BCUT2D eigenvalue weighted by molar-refractivity contribution is 14.0. The largest absolute Gasteiger partial charge is 0.385 e. The first-order valence-electron chi connectivity index (χ1n) is 10.3. The molecule has 172 valence electrons. The molecule has 3 aromatic rings. The maximum absolute atomic E-state index is 5.13. The van der Waals surface area contributed by atoms with Crippen molar-refractivity contribution in [2.45, 2.75) is 36.2 Å². The van der Waals surface area contributed by atoms with Crippen molar-refractivity contribution in [2.24, 2.45) is 12.0 Å². The van der Waals surface area contributed by atoms with Crippen molar-refractivity contribution in [3.63, 3.8) is 0 Å². The minimum atomic E-state index is 0. The van der Waals surface area contributed by atoms with Gasteiger partial charge in [0.25, 0.3) is 0 Å². The number of aryl methyl sites for hydroxylation is 1. The van der Waals surface area contributed by atoms with E-state index in [4.69, 9.17) is 9.73 Å². The van der Waals surface area contributed by atoms with E-state index in [-0.39, 0.29) is 24.0 Å². The van der Waals surface area contributed by atoms with Gasteiger partial charge >= 0.3 is 0 Å². The minimum absolute atomic E-state index is 0. The maximum Gasteiger partial charge on any atom is 0.191 e. The van der Waals surface area contributed by atoms with Crippen molar-refractivity contribution in [1.82, 2.24) is 25.4 Å². The predicted octanol–water partition coefficient (Wildman–Crippen LogP) is 4.16. The fourth-order valence-electron chi connectivity index (χ4n) is 2.82. The van der Waals surface area contributed by atoms with Crippen molar-refractivity contribution in [1.29, 1.82) is 0 Å². The molecule has 2 aromatic carbocycles. The predicted molar refractivity (Wildman–Crippen MR) is 141 cm³/mol. The second-order valence-electron chi connectivity index (χ2n) is 7.07. The lowest BCUT2D eigenvalue weighted by molar-refractivity contribution is 0.195. The third-order valence-electron chi connectivity index (χ3n) is 4.74. The summed E-state index contributed by atoms with van der Waals surface area (Å²) in [5, 5.41) is 15.0. The maximum atomic E-state index is 5.13. The summed E-state index contributed by atoms with van der Waals surface area (Å²) in [6.07, 6.45) is 0.908. The fraction of sp³-hybridized carbons (Fsp3) is 0.348. The van der Waals surface area contributed by atoms with E-state index in [1.54, 1.807) is 18.9 Å². The normalized spacial score (nSPS) is 11.2. The Balaban J connectivity index is 0.00000363. The summed E-state index contributed by atoms with van der Waals surface area (Å²) < 4.78 is 7.10. The molecular formula is C23H31IN6OS. The van der Waals surface area contributed by atoms with Crippen LogP contribution in [-0.2, 0) is 24.9 Å². The van der Waals surface area contributed by atoms with E-state index in [9.17, 15) is 0 Å². The Morgan fingerprint density at radius 3 is 2.41 bits per heavy atom. The third kappa shape index (κ3) is 8.44. The van der Waals surface area contributed by atoms with E-state index < -0.39 is 0 Å². The molecule has 0 saturated carbocycles. The van der Waals surface area contributed by atoms with Crippen molar-refractivity contribution in [3.05, 3.63) is 71.8 Å². The zero-order valence-corrected chi connectivity index (χ0v) is 21.9. The number of nitrogens with one attached hydrogen (secondary N) is 2. The lowest BCUT2D eigenvalue weighted by Gasteiger charge is -2.12. The van der Waals surface area contributed by atoms with Crippen LogP contribution in [0.4, 0.5) is 0 Å². The molecule has 3 rings (SSSR count). The van der Waals surface area contributed by atoms with Crippen LogP contribution in [0.1, 0.15) is 23.6 Å². The van der Waals surface area contributed by atoms with Gasteiger partial charge in [0.1, 0.15) is 5.82 Å². The number of ether oxygens (including phenoxy) is 1. The van der Waals surface area contributed by atoms with Crippen molar-refractivity contribution >= 4 is 41.7 Å². The van der Waals surface area contributed by atoms with Gasteiger partial charge < -0.3 is 19.9 Å². The average molecular weight is 567 g/mol. The number of rotatable bonds is 10. The molecule has 0 atom stereocenters. The lowest BCUT2D eigenvalue weighted by atomic mass is 10.2. The topological polar surface area (TPSA) is 76.4 Å². The van der Waals surface area contributed by atoms with Crippen LogP contribution in [0.25, 0.3) is 0 Å². The molecule has 32 heavy (non-hydrogen) atoms. The molecule has 0 aliphatic rings. The van der Waals surface area contributed by atoms with Crippen LogP contribution in [0.5, 0.6) is 0 Å². The van der Waals surface area contributed by atoms with Gasteiger partial charge in [-0.3, -0.25) is 0 Å². The summed E-state index contributed by atoms with van der Waals surface area (Å²) in [4.78, 5) is 7.20. The molecule has 0 fully saturated rings. The van der Waals surface area contributed by atoms with E-state index in [1.165, 1.54) is 9.79 Å². The first-order valence-corrected chi connectivity index (χ1v) is 11.1. The third-order valence-corrected chi connectivity index (χ3v) is 5.75. The Kier molecular flexibility index (Phi) is 11.5. The second kappa shape index (κ2) is 14.1. The molecule has 0 unspecified atom stereocenters. The van der Waals surface area contributed by atoms with E-state index in [0.29, 0.717) is 19.7 Å². The summed E-state index contributed by atoms with van der Waals surface area (Å²) in [5.74, 6) is 2.50. The zero-order valence-electron chi connectivity index (χ0n) is 18.7. The highest BCUT2D eigenvalue weighted by Gasteiger charge is 2.06. The number of aromatic nitrogens is 3. The SMILES string of the molecule is COCCCNC(=NCc1ccc(Sc2ccccc2)cc1)NCc1nnc(C)n1C.I. The Hall–Kier alpha value is -2.11. The first-order chi connectivity index (χ1) is 15.2. The molecule has 0 spiro atoms. The van der Waals surface area contributed by atoms with Gasteiger partial charge in [0, 0.05) is 37.1 Å². The zero-order chi connectivity index (χ0) is 21.9. The van der Waals surface area contributed by atoms with E-state index in [2.05, 4.69) is 69.4 Å². The van der Waals surface area contributed by atoms with E-state index in [0.717, 1.165) is 36.1 Å². The van der Waals surface area contributed by atoms with Gasteiger partial charge in [-0.1, -0.05) is 42.1 Å². The van der Waals surface area contributed by atoms with Crippen LogP contribution in [0, 0.1) is 6.92 Å². The smallest absolute Gasteiger partial charge is 0.191 e. The van der Waals surface area contributed by atoms with E-state index in [1.807, 2.05) is 24.6 Å². The molecule has 1 aromatic heterocycles. The van der Waals surface area contributed by atoms with Gasteiger partial charge in [-0.05, 0) is 43.2 Å². The van der Waals surface area contributed by atoms with Crippen LogP contribution in [-0.4, -0.2) is 41.0 Å². The van der Waals surface area contributed by atoms with Gasteiger partial charge in [0.15, 0.2) is 11.8 Å². The number of methoxy groups -OCH3 is 1. The summed E-state index contributed by atoms with van der Waals surface area (Å²) >= 11 is 1.76. The Labute approximate surface area is 211 Å². The molecule has 1 heterocycles. The molecule has 7 nitrogen and oxygen atoms in total. The van der Waals surface area contributed by atoms with Crippen molar-refractivity contribution < 1.29 is 4.74 Å². The van der Waals surface area contributed by atoms with Crippen molar-refractivity contribution in [3.8, 4) is 0 Å². The highest BCUT2D eigenvalue weighted by atomic mass is 127. The lowest BCUT2D eigenvalue weighted by Crippen LogP contribution is -2.38. The summed E-state index contributed by atoms with van der Waals surface area (Å²) in [7, 11) is 3.67. The molecule has 9 heteroatoms. The molecule has 0 saturated heterocycles. The standard InChI is InChI=1S/C23H30N6OS.HI/c1-18-27-28-22(29(18)2)17-26-23(24-14-7-15-30-3)25-16-19-10-12-21(13-11-19)31-20-8-5-4-6-9-20;/h4-6,8-13H,7,14-17H2,1-3H3,(H2,24,25,26);1H. The number of hydrogen-bond donors (Lipinski definition) is 2. The van der Waals surface area contributed by atoms with Gasteiger partial charge in [-0.25, -0.2) is 4.99 Å². The Morgan fingerprint density at radius 2 is 1.75 bits per heavy atom. The van der Waals surface area contributed by atoms with Gasteiger partial charge in [-0.15, -0.1) is 34.2 Å². The number of benzene rings is 2. The number of halogens is 1.